The normalized spacial score (nSPS) is 23.2. The van der Waals surface area contributed by atoms with E-state index >= 15 is 0 Å². The van der Waals surface area contributed by atoms with Crippen LogP contribution in [0.25, 0.3) is 0 Å². The topological polar surface area (TPSA) is 32.5 Å². The lowest BCUT2D eigenvalue weighted by Gasteiger charge is -2.39. The number of likely N-dealkylation sites (N-methyl/N-ethyl adjacent to an activating group) is 1. The van der Waals surface area contributed by atoms with Crippen LogP contribution in [0.4, 0.5) is 0 Å². The van der Waals surface area contributed by atoms with Crippen LogP contribution < -0.4 is 5.73 Å². The van der Waals surface area contributed by atoms with E-state index in [1.165, 1.54) is 4.88 Å². The van der Waals surface area contributed by atoms with Crippen molar-refractivity contribution in [1.82, 2.24) is 9.80 Å². The van der Waals surface area contributed by atoms with Gasteiger partial charge in [-0.3, -0.25) is 4.90 Å². The van der Waals surface area contributed by atoms with Gasteiger partial charge < -0.3 is 10.6 Å². The monoisotopic (exact) mass is 337 g/mol. The predicted molar refractivity (Wildman–Crippen MR) is 77.8 cm³/mol. The Morgan fingerprint density at radius 3 is 2.94 bits per heavy atom. The molecule has 0 saturated carbocycles. The summed E-state index contributed by atoms with van der Waals surface area (Å²) in [5.74, 6) is 0. The number of nitrogens with two attached hydrogens (primary N) is 1. The molecular weight excluding hydrogens is 322 g/mol. The van der Waals surface area contributed by atoms with Gasteiger partial charge in [0.25, 0.3) is 0 Å². The summed E-state index contributed by atoms with van der Waals surface area (Å²) in [5.41, 5.74) is 5.84. The molecule has 2 N–H and O–H groups in total. The van der Waals surface area contributed by atoms with Gasteiger partial charge in [-0.25, -0.2) is 0 Å². The van der Waals surface area contributed by atoms with Crippen molar-refractivity contribution < 1.29 is 0 Å². The van der Waals surface area contributed by atoms with Crippen LogP contribution in [0.15, 0.2) is 10.5 Å². The molecule has 0 spiro atoms. The lowest BCUT2D eigenvalue weighted by molar-refractivity contribution is 0.0890. The standard InChI is InChI=1S/C11H17BrClN3S/c1-15-2-3-16(8(5-14)6-15)7-9-4-10(12)11(13)17-9/h4,8H,2-3,5-7,14H2,1H3. The summed E-state index contributed by atoms with van der Waals surface area (Å²) in [6, 6.07) is 2.56. The number of thiophene rings is 1. The first-order valence-corrected chi connectivity index (χ1v) is 7.65. The zero-order chi connectivity index (χ0) is 12.4. The van der Waals surface area contributed by atoms with Crippen molar-refractivity contribution in [2.45, 2.75) is 12.6 Å². The van der Waals surface area contributed by atoms with Gasteiger partial charge in [0.2, 0.25) is 0 Å². The third kappa shape index (κ3) is 3.43. The zero-order valence-electron chi connectivity index (χ0n) is 9.83. The molecule has 0 amide bonds. The molecule has 2 rings (SSSR count). The molecule has 17 heavy (non-hydrogen) atoms. The summed E-state index contributed by atoms with van der Waals surface area (Å²) >= 11 is 11.2. The fourth-order valence-corrected chi connectivity index (χ4v) is 3.97. The summed E-state index contributed by atoms with van der Waals surface area (Å²) < 4.78 is 1.83. The molecule has 3 nitrogen and oxygen atoms in total. The Balaban J connectivity index is 2.02. The van der Waals surface area contributed by atoms with Crippen LogP contribution in [0.5, 0.6) is 0 Å². The van der Waals surface area contributed by atoms with Crippen molar-refractivity contribution in [2.24, 2.45) is 5.73 Å². The molecule has 1 fully saturated rings. The van der Waals surface area contributed by atoms with Crippen LogP contribution in [0, 0.1) is 0 Å². The van der Waals surface area contributed by atoms with E-state index in [1.54, 1.807) is 11.3 Å². The number of rotatable bonds is 3. The minimum atomic E-state index is 0.452. The van der Waals surface area contributed by atoms with Gasteiger partial charge in [-0.2, -0.15) is 0 Å². The highest BCUT2D eigenvalue weighted by Gasteiger charge is 2.24. The highest BCUT2D eigenvalue weighted by molar-refractivity contribution is 9.10. The third-order valence-electron chi connectivity index (χ3n) is 3.13. The van der Waals surface area contributed by atoms with E-state index in [2.05, 4.69) is 38.8 Å². The van der Waals surface area contributed by atoms with Crippen molar-refractivity contribution >= 4 is 38.9 Å². The molecule has 0 aliphatic carbocycles. The van der Waals surface area contributed by atoms with Crippen molar-refractivity contribution in [3.8, 4) is 0 Å². The molecule has 1 aliphatic rings. The molecule has 1 aliphatic heterocycles. The van der Waals surface area contributed by atoms with E-state index in [4.69, 9.17) is 17.3 Å². The van der Waals surface area contributed by atoms with Gasteiger partial charge in [-0.05, 0) is 29.0 Å². The fourth-order valence-electron chi connectivity index (χ4n) is 2.15. The maximum atomic E-state index is 6.06. The summed E-state index contributed by atoms with van der Waals surface area (Å²) in [4.78, 5) is 6.09. The quantitative estimate of drug-likeness (QED) is 0.917. The zero-order valence-corrected chi connectivity index (χ0v) is 13.0. The molecule has 0 radical (unpaired) electrons. The molecule has 1 atom stereocenters. The van der Waals surface area contributed by atoms with Gasteiger partial charge in [-0.1, -0.05) is 11.6 Å². The summed E-state index contributed by atoms with van der Waals surface area (Å²) in [5, 5.41) is 0. The maximum absolute atomic E-state index is 6.06. The van der Waals surface area contributed by atoms with E-state index in [9.17, 15) is 0 Å². The highest BCUT2D eigenvalue weighted by Crippen LogP contribution is 2.33. The minimum Gasteiger partial charge on any atom is -0.329 e. The Bertz CT molecular complexity index is 365. The second kappa shape index (κ2) is 5.99. The Kier molecular flexibility index (Phi) is 4.86. The first-order chi connectivity index (χ1) is 8.10. The van der Waals surface area contributed by atoms with Crippen LogP contribution in [0.3, 0.4) is 0 Å². The molecule has 1 aromatic heterocycles. The fraction of sp³-hybridized carbons (Fsp3) is 0.636. The van der Waals surface area contributed by atoms with E-state index < -0.39 is 0 Å². The number of halogens is 2. The largest absolute Gasteiger partial charge is 0.329 e. The Labute approximate surface area is 120 Å². The van der Waals surface area contributed by atoms with Crippen molar-refractivity contribution in [3.05, 3.63) is 19.8 Å². The Morgan fingerprint density at radius 1 is 1.59 bits per heavy atom. The van der Waals surface area contributed by atoms with E-state index in [-0.39, 0.29) is 0 Å². The summed E-state index contributed by atoms with van der Waals surface area (Å²) in [7, 11) is 2.15. The van der Waals surface area contributed by atoms with Crippen molar-refractivity contribution in [3.63, 3.8) is 0 Å². The number of hydrogen-bond acceptors (Lipinski definition) is 4. The van der Waals surface area contributed by atoms with Crippen LogP contribution >= 0.6 is 38.9 Å². The van der Waals surface area contributed by atoms with Gasteiger partial charge in [0.1, 0.15) is 4.34 Å². The second-order valence-corrected chi connectivity index (χ2v) is 7.05. The Hall–Kier alpha value is 0.350. The second-order valence-electron chi connectivity index (χ2n) is 4.46. The first kappa shape index (κ1) is 13.8. The predicted octanol–water partition coefficient (Wildman–Crippen LogP) is 2.24. The third-order valence-corrected chi connectivity index (χ3v) is 5.59. The van der Waals surface area contributed by atoms with Gasteiger partial charge in [0.05, 0.1) is 0 Å². The minimum absolute atomic E-state index is 0.452. The van der Waals surface area contributed by atoms with E-state index in [0.717, 1.165) is 35.0 Å². The van der Waals surface area contributed by atoms with Crippen molar-refractivity contribution in [1.29, 1.82) is 0 Å². The van der Waals surface area contributed by atoms with Gasteiger partial charge in [0, 0.05) is 48.1 Å². The smallest absolute Gasteiger partial charge is 0.107 e. The van der Waals surface area contributed by atoms with Crippen LogP contribution in [-0.2, 0) is 6.54 Å². The molecule has 2 heterocycles. The molecule has 1 saturated heterocycles. The average Bonchev–Trinajstić information content (AvgIpc) is 2.60. The highest BCUT2D eigenvalue weighted by atomic mass is 79.9. The summed E-state index contributed by atoms with van der Waals surface area (Å²) in [6.45, 7) is 4.90. The lowest BCUT2D eigenvalue weighted by Crippen LogP contribution is -2.54. The average molecular weight is 339 g/mol. The van der Waals surface area contributed by atoms with Gasteiger partial charge >= 0.3 is 0 Å². The molecule has 96 valence electrons. The summed E-state index contributed by atoms with van der Waals surface area (Å²) in [6.07, 6.45) is 0. The van der Waals surface area contributed by atoms with E-state index in [1.807, 2.05) is 0 Å². The molecule has 1 unspecified atom stereocenters. The SMILES string of the molecule is CN1CCN(Cc2cc(Br)c(Cl)s2)C(CN)C1. The number of piperazine rings is 1. The van der Waals surface area contributed by atoms with Crippen molar-refractivity contribution in [2.75, 3.05) is 33.2 Å². The Morgan fingerprint density at radius 2 is 2.35 bits per heavy atom. The molecule has 1 aromatic rings. The molecule has 6 heteroatoms. The molecular formula is C11H17BrClN3S. The van der Waals surface area contributed by atoms with E-state index in [0.29, 0.717) is 12.6 Å². The first-order valence-electron chi connectivity index (χ1n) is 5.66. The molecule has 0 aromatic carbocycles. The number of nitrogens with zero attached hydrogens (tertiary/aromatic N) is 2. The lowest BCUT2D eigenvalue weighted by atomic mass is 10.1. The van der Waals surface area contributed by atoms with Crippen LogP contribution in [-0.4, -0.2) is 49.1 Å². The van der Waals surface area contributed by atoms with Gasteiger partial charge in [-0.15, -0.1) is 11.3 Å². The van der Waals surface area contributed by atoms with Gasteiger partial charge in [0.15, 0.2) is 0 Å². The maximum Gasteiger partial charge on any atom is 0.107 e. The van der Waals surface area contributed by atoms with Crippen LogP contribution in [0.2, 0.25) is 4.34 Å². The molecule has 0 bridgehead atoms. The van der Waals surface area contributed by atoms with Crippen LogP contribution in [0.1, 0.15) is 4.88 Å². The number of hydrogen-bond donors (Lipinski definition) is 1.